The lowest BCUT2D eigenvalue weighted by molar-refractivity contribution is -0.127. The number of likely N-dealkylation sites (tertiary alicyclic amines) is 1. The van der Waals surface area contributed by atoms with E-state index in [1.165, 1.54) is 23.5 Å². The van der Waals surface area contributed by atoms with Gasteiger partial charge in [-0.3, -0.25) is 9.59 Å². The van der Waals surface area contributed by atoms with E-state index in [4.69, 9.17) is 0 Å². The van der Waals surface area contributed by atoms with Crippen LogP contribution in [0.5, 0.6) is 0 Å². The molecular formula is C23H31N3O4S2. The van der Waals surface area contributed by atoms with Crippen LogP contribution >= 0.6 is 11.3 Å². The number of nitrogens with zero attached hydrogens (tertiary/aromatic N) is 1. The van der Waals surface area contributed by atoms with E-state index in [-0.39, 0.29) is 35.2 Å². The lowest BCUT2D eigenvalue weighted by atomic mass is 9.94. The number of thiophene rings is 1. The third kappa shape index (κ3) is 6.17. The van der Waals surface area contributed by atoms with E-state index in [0.29, 0.717) is 37.4 Å². The van der Waals surface area contributed by atoms with Gasteiger partial charge in [-0.2, -0.15) is 0 Å². The number of carbonyl (C=O) groups excluding carboxylic acids is 2. The minimum atomic E-state index is -3.73. The Hall–Kier alpha value is -2.23. The molecule has 3 rings (SSSR count). The third-order valence-electron chi connectivity index (χ3n) is 5.93. The monoisotopic (exact) mass is 477 g/mol. The summed E-state index contributed by atoms with van der Waals surface area (Å²) in [7, 11) is -3.73. The van der Waals surface area contributed by atoms with Crippen LogP contribution in [-0.4, -0.2) is 44.3 Å². The molecule has 2 amide bonds. The van der Waals surface area contributed by atoms with Crippen molar-refractivity contribution in [1.29, 1.82) is 0 Å². The highest BCUT2D eigenvalue weighted by atomic mass is 32.2. The smallest absolute Gasteiger partial charge is 0.253 e. The van der Waals surface area contributed by atoms with Crippen LogP contribution in [0.4, 0.5) is 0 Å². The van der Waals surface area contributed by atoms with Gasteiger partial charge >= 0.3 is 0 Å². The zero-order valence-electron chi connectivity index (χ0n) is 18.7. The number of carbonyl (C=O) groups is 2. The minimum Gasteiger partial charge on any atom is -0.353 e. The van der Waals surface area contributed by atoms with Crippen LogP contribution in [-0.2, 0) is 21.4 Å². The molecule has 0 spiro atoms. The number of hydrogen-bond donors (Lipinski definition) is 2. The van der Waals surface area contributed by atoms with Gasteiger partial charge in [0.25, 0.3) is 5.91 Å². The lowest BCUT2D eigenvalue weighted by Crippen LogP contribution is -2.45. The number of nitrogens with one attached hydrogen (secondary N) is 2. The molecule has 1 fully saturated rings. The number of benzene rings is 1. The Morgan fingerprint density at radius 1 is 1.12 bits per heavy atom. The van der Waals surface area contributed by atoms with Crippen molar-refractivity contribution < 1.29 is 18.0 Å². The molecule has 2 aromatic rings. The maximum atomic E-state index is 13.0. The Bertz CT molecular complexity index is 1030. The second kappa shape index (κ2) is 10.6. The quantitative estimate of drug-likeness (QED) is 0.610. The molecule has 1 atom stereocenters. The normalized spacial score (nSPS) is 16.2. The number of rotatable bonds is 8. The first-order chi connectivity index (χ1) is 15.2. The van der Waals surface area contributed by atoms with E-state index in [9.17, 15) is 18.0 Å². The van der Waals surface area contributed by atoms with Crippen LogP contribution in [0, 0.1) is 11.8 Å². The van der Waals surface area contributed by atoms with Crippen molar-refractivity contribution in [2.24, 2.45) is 11.8 Å². The molecule has 1 aromatic carbocycles. The van der Waals surface area contributed by atoms with Gasteiger partial charge in [0.15, 0.2) is 0 Å². The maximum Gasteiger partial charge on any atom is 0.253 e. The van der Waals surface area contributed by atoms with Gasteiger partial charge in [0.1, 0.15) is 0 Å². The molecule has 0 saturated carbocycles. The van der Waals surface area contributed by atoms with Gasteiger partial charge in [0, 0.05) is 42.0 Å². The molecule has 32 heavy (non-hydrogen) atoms. The van der Waals surface area contributed by atoms with Gasteiger partial charge < -0.3 is 10.2 Å². The highest BCUT2D eigenvalue weighted by Crippen LogP contribution is 2.21. The average Bonchev–Trinajstić information content (AvgIpc) is 3.31. The molecule has 0 bridgehead atoms. The first-order valence-corrected chi connectivity index (χ1v) is 13.3. The van der Waals surface area contributed by atoms with Gasteiger partial charge in [-0.15, -0.1) is 11.3 Å². The predicted molar refractivity (Wildman–Crippen MR) is 126 cm³/mol. The summed E-state index contributed by atoms with van der Waals surface area (Å²) in [5.74, 6) is 0.0929. The summed E-state index contributed by atoms with van der Waals surface area (Å²) in [5.41, 5.74) is 0.334. The van der Waals surface area contributed by atoms with E-state index in [0.717, 1.165) is 4.88 Å². The van der Waals surface area contributed by atoms with Crippen LogP contribution in [0.15, 0.2) is 46.7 Å². The SMILES string of the molecule is CC(C)C(C)NC(=O)C1CCN(C(=O)c2cccc(S(=O)(=O)NCc3cccs3)c2)CC1. The molecule has 0 aliphatic carbocycles. The summed E-state index contributed by atoms with van der Waals surface area (Å²) in [5, 5.41) is 4.95. The summed E-state index contributed by atoms with van der Waals surface area (Å²) >= 11 is 1.48. The summed E-state index contributed by atoms with van der Waals surface area (Å²) < 4.78 is 27.9. The maximum absolute atomic E-state index is 13.0. The molecule has 0 radical (unpaired) electrons. The zero-order valence-corrected chi connectivity index (χ0v) is 20.3. The van der Waals surface area contributed by atoms with Crippen LogP contribution in [0.3, 0.4) is 0 Å². The highest BCUT2D eigenvalue weighted by molar-refractivity contribution is 7.89. The minimum absolute atomic E-state index is 0.0446. The van der Waals surface area contributed by atoms with Crippen molar-refractivity contribution in [2.45, 2.75) is 51.1 Å². The molecule has 7 nitrogen and oxygen atoms in total. The molecule has 1 aliphatic rings. The second-order valence-corrected chi connectivity index (χ2v) is 11.3. The second-order valence-electron chi connectivity index (χ2n) is 8.54. The van der Waals surface area contributed by atoms with E-state index < -0.39 is 10.0 Å². The van der Waals surface area contributed by atoms with E-state index in [1.54, 1.807) is 17.0 Å². The van der Waals surface area contributed by atoms with E-state index in [1.807, 2.05) is 24.4 Å². The first kappa shape index (κ1) is 24.4. The Morgan fingerprint density at radius 3 is 2.47 bits per heavy atom. The van der Waals surface area contributed by atoms with Gasteiger partial charge in [0.05, 0.1) is 4.90 Å². The number of sulfonamides is 1. The molecular weight excluding hydrogens is 446 g/mol. The number of piperidine rings is 1. The van der Waals surface area contributed by atoms with Crippen LogP contribution in [0.25, 0.3) is 0 Å². The fraction of sp³-hybridized carbons (Fsp3) is 0.478. The van der Waals surface area contributed by atoms with Crippen LogP contribution < -0.4 is 10.0 Å². The lowest BCUT2D eigenvalue weighted by Gasteiger charge is -2.32. The number of amides is 2. The topological polar surface area (TPSA) is 95.6 Å². The summed E-state index contributed by atoms with van der Waals surface area (Å²) in [6.07, 6.45) is 1.20. The van der Waals surface area contributed by atoms with Crippen LogP contribution in [0.1, 0.15) is 48.8 Å². The fourth-order valence-electron chi connectivity index (χ4n) is 3.50. The van der Waals surface area contributed by atoms with Gasteiger partial charge in [-0.25, -0.2) is 13.1 Å². The molecule has 2 N–H and O–H groups in total. The molecule has 1 aromatic heterocycles. The highest BCUT2D eigenvalue weighted by Gasteiger charge is 2.29. The predicted octanol–water partition coefficient (Wildman–Crippen LogP) is 3.24. The summed E-state index contributed by atoms with van der Waals surface area (Å²) in [4.78, 5) is 28.1. The average molecular weight is 478 g/mol. The summed E-state index contributed by atoms with van der Waals surface area (Å²) in [6, 6.07) is 9.96. The molecule has 1 aliphatic heterocycles. The Kier molecular flexibility index (Phi) is 8.08. The molecule has 1 unspecified atom stereocenters. The van der Waals surface area contributed by atoms with Gasteiger partial charge in [0.2, 0.25) is 15.9 Å². The zero-order chi connectivity index (χ0) is 23.3. The standard InChI is InChI=1S/C23H31N3O4S2/c1-16(2)17(3)25-22(27)18-9-11-26(12-10-18)23(28)19-6-4-8-21(14-19)32(29,30)24-15-20-7-5-13-31-20/h4-8,13-14,16-18,24H,9-12,15H2,1-3H3,(H,25,27). The fourth-order valence-corrected chi connectivity index (χ4v) is 5.28. The Labute approximate surface area is 194 Å². The van der Waals surface area contributed by atoms with Crippen molar-refractivity contribution in [2.75, 3.05) is 13.1 Å². The Balaban J connectivity index is 1.59. The van der Waals surface area contributed by atoms with Crippen molar-refractivity contribution in [3.63, 3.8) is 0 Å². The number of hydrogen-bond acceptors (Lipinski definition) is 5. The molecule has 9 heteroatoms. The Morgan fingerprint density at radius 2 is 1.84 bits per heavy atom. The van der Waals surface area contributed by atoms with E-state index in [2.05, 4.69) is 23.9 Å². The van der Waals surface area contributed by atoms with Crippen molar-refractivity contribution in [1.82, 2.24) is 14.9 Å². The van der Waals surface area contributed by atoms with Crippen LogP contribution in [0.2, 0.25) is 0 Å². The third-order valence-corrected chi connectivity index (χ3v) is 8.21. The summed E-state index contributed by atoms with van der Waals surface area (Å²) in [6.45, 7) is 7.29. The molecule has 1 saturated heterocycles. The van der Waals surface area contributed by atoms with Crippen molar-refractivity contribution in [3.8, 4) is 0 Å². The van der Waals surface area contributed by atoms with Crippen molar-refractivity contribution in [3.05, 3.63) is 52.2 Å². The van der Waals surface area contributed by atoms with Crippen molar-refractivity contribution >= 4 is 33.2 Å². The molecule has 174 valence electrons. The molecule has 2 heterocycles. The van der Waals surface area contributed by atoms with E-state index >= 15 is 0 Å². The van der Waals surface area contributed by atoms with Gasteiger partial charge in [-0.1, -0.05) is 26.0 Å². The first-order valence-electron chi connectivity index (χ1n) is 10.9. The van der Waals surface area contributed by atoms with Gasteiger partial charge in [-0.05, 0) is 55.3 Å². The largest absolute Gasteiger partial charge is 0.353 e.